The first kappa shape index (κ1) is 28.2. The molecule has 0 heterocycles. The summed E-state index contributed by atoms with van der Waals surface area (Å²) in [5.41, 5.74) is 4.86. The first-order valence-corrected chi connectivity index (χ1v) is 13.4. The van der Waals surface area contributed by atoms with Gasteiger partial charge in [-0.15, -0.1) is 0 Å². The standard InChI is InChI=1S/C30H32N4O7/c1-14(32-13-15-7-5-4-6-8-15)33-19-12-20(34(2)3)18-10-16-9-17-11-21(35)24(29(31)40)28(39)30(17,41)27(38)22(16)26(37)23(18)25(19)36/h4-8,12,16-17,22,24,36,41H,9-11,13H2,1-3H3,(H2,31,40)(H,32,33)/t16-,17+,22?,24?,30+/m1/s1. The summed E-state index contributed by atoms with van der Waals surface area (Å²) >= 11 is 0. The second-order valence-electron chi connectivity index (χ2n) is 11.3. The molecule has 2 saturated carbocycles. The first-order chi connectivity index (χ1) is 19.4. The average molecular weight is 561 g/mol. The van der Waals surface area contributed by atoms with Crippen LogP contribution in [0.2, 0.25) is 0 Å². The van der Waals surface area contributed by atoms with Gasteiger partial charge in [0.2, 0.25) is 5.91 Å². The number of carbonyl (C=O) groups is 5. The number of aliphatic imine (C=N–C) groups is 1. The minimum atomic E-state index is -2.68. The van der Waals surface area contributed by atoms with Gasteiger partial charge in [-0.05, 0) is 42.9 Å². The van der Waals surface area contributed by atoms with E-state index in [1.165, 1.54) is 0 Å². The van der Waals surface area contributed by atoms with Crippen molar-refractivity contribution < 1.29 is 34.2 Å². The topological polar surface area (TPSA) is 179 Å². The van der Waals surface area contributed by atoms with Gasteiger partial charge in [0.1, 0.15) is 5.75 Å². The second kappa shape index (κ2) is 10.2. The van der Waals surface area contributed by atoms with Crippen molar-refractivity contribution in [1.82, 2.24) is 0 Å². The number of aliphatic hydroxyl groups is 1. The van der Waals surface area contributed by atoms with Crippen molar-refractivity contribution in [3.63, 3.8) is 0 Å². The van der Waals surface area contributed by atoms with Crippen molar-refractivity contribution in [2.24, 2.45) is 34.4 Å². The molecule has 0 saturated heterocycles. The maximum Gasteiger partial charge on any atom is 0.235 e. The number of phenolic OH excluding ortho intramolecular Hbond substituents is 1. The highest BCUT2D eigenvalue weighted by Gasteiger charge is 2.66. The molecule has 1 amide bonds. The van der Waals surface area contributed by atoms with Gasteiger partial charge in [-0.3, -0.25) is 29.0 Å². The van der Waals surface area contributed by atoms with E-state index in [2.05, 4.69) is 10.3 Å². The van der Waals surface area contributed by atoms with Crippen LogP contribution in [0.15, 0.2) is 41.4 Å². The number of aromatic hydroxyl groups is 1. The minimum absolute atomic E-state index is 0.0416. The van der Waals surface area contributed by atoms with E-state index in [4.69, 9.17) is 5.73 Å². The number of Topliss-reactive ketones (excluding diaryl/α,β-unsaturated/α-hetero) is 4. The number of nitrogens with zero attached hydrogens (tertiary/aromatic N) is 2. The molecular formula is C30H32N4O7. The van der Waals surface area contributed by atoms with Crippen molar-refractivity contribution in [1.29, 1.82) is 0 Å². The minimum Gasteiger partial charge on any atom is -0.505 e. The summed E-state index contributed by atoms with van der Waals surface area (Å²) in [5.74, 6) is -9.96. The highest BCUT2D eigenvalue weighted by atomic mass is 16.3. The molecule has 0 radical (unpaired) electrons. The van der Waals surface area contributed by atoms with Crippen molar-refractivity contribution in [2.75, 3.05) is 24.3 Å². The molecule has 2 unspecified atom stereocenters. The molecule has 41 heavy (non-hydrogen) atoms. The summed E-state index contributed by atoms with van der Waals surface area (Å²) in [6, 6.07) is 11.3. The second-order valence-corrected chi connectivity index (χ2v) is 11.3. The Morgan fingerprint density at radius 1 is 1.12 bits per heavy atom. The fraction of sp³-hybridized carbons (Fsp3) is 0.400. The predicted octanol–water partition coefficient (Wildman–Crippen LogP) is 1.42. The Labute approximate surface area is 236 Å². The van der Waals surface area contributed by atoms with Crippen LogP contribution in [0.1, 0.15) is 41.3 Å². The Hall–Kier alpha value is -4.38. The number of rotatable bonds is 5. The van der Waals surface area contributed by atoms with Gasteiger partial charge in [0.05, 0.1) is 29.5 Å². The molecular weight excluding hydrogens is 528 g/mol. The van der Waals surface area contributed by atoms with Crippen LogP contribution in [0.3, 0.4) is 0 Å². The molecule has 2 aromatic carbocycles. The Kier molecular flexibility index (Phi) is 7.02. The number of carbonyl (C=O) groups excluding carboxylic acids is 5. The maximum atomic E-state index is 14.0. The van der Waals surface area contributed by atoms with E-state index in [1.807, 2.05) is 30.3 Å². The summed E-state index contributed by atoms with van der Waals surface area (Å²) in [7, 11) is 3.58. The Balaban J connectivity index is 1.53. The normalized spacial score (nSPS) is 27.6. The van der Waals surface area contributed by atoms with Crippen molar-refractivity contribution >= 4 is 46.3 Å². The quantitative estimate of drug-likeness (QED) is 0.182. The highest BCUT2D eigenvalue weighted by molar-refractivity contribution is 6.31. The van der Waals surface area contributed by atoms with E-state index in [0.29, 0.717) is 23.6 Å². The van der Waals surface area contributed by atoms with Crippen LogP contribution >= 0.6 is 0 Å². The number of anilines is 2. The lowest BCUT2D eigenvalue weighted by molar-refractivity contribution is -0.175. The van der Waals surface area contributed by atoms with Gasteiger partial charge in [0, 0.05) is 32.1 Å². The van der Waals surface area contributed by atoms with Crippen molar-refractivity contribution in [2.45, 2.75) is 38.3 Å². The number of phenols is 1. The molecule has 214 valence electrons. The summed E-state index contributed by atoms with van der Waals surface area (Å²) in [6.07, 6.45) is -0.129. The van der Waals surface area contributed by atoms with Crippen LogP contribution in [0.5, 0.6) is 5.75 Å². The molecule has 0 aliphatic heterocycles. The Bertz CT molecular complexity index is 1520. The zero-order valence-corrected chi connectivity index (χ0v) is 23.0. The van der Waals surface area contributed by atoms with E-state index in [0.717, 1.165) is 5.56 Å². The fourth-order valence-electron chi connectivity index (χ4n) is 6.54. The Morgan fingerprint density at radius 2 is 1.80 bits per heavy atom. The molecule has 3 aliphatic carbocycles. The van der Waals surface area contributed by atoms with E-state index in [1.54, 1.807) is 32.0 Å². The molecule has 0 aromatic heterocycles. The van der Waals surface area contributed by atoms with Crippen LogP contribution in [-0.2, 0) is 32.1 Å². The lowest BCUT2D eigenvalue weighted by atomic mass is 9.53. The van der Waals surface area contributed by atoms with Gasteiger partial charge in [-0.2, -0.15) is 0 Å². The van der Waals surface area contributed by atoms with Crippen LogP contribution < -0.4 is 16.0 Å². The molecule has 0 bridgehead atoms. The third kappa shape index (κ3) is 4.50. The van der Waals surface area contributed by atoms with E-state index in [-0.39, 0.29) is 36.3 Å². The average Bonchev–Trinajstić information content (AvgIpc) is 2.91. The molecule has 5 atom stereocenters. The first-order valence-electron chi connectivity index (χ1n) is 13.4. The zero-order chi connectivity index (χ0) is 29.8. The van der Waals surface area contributed by atoms with Gasteiger partial charge >= 0.3 is 0 Å². The largest absolute Gasteiger partial charge is 0.505 e. The van der Waals surface area contributed by atoms with Crippen LogP contribution in [-0.4, -0.2) is 64.8 Å². The Morgan fingerprint density at radius 3 is 2.44 bits per heavy atom. The third-order valence-electron chi connectivity index (χ3n) is 8.52. The van der Waals surface area contributed by atoms with Gasteiger partial charge in [0.15, 0.2) is 34.7 Å². The number of fused-ring (bicyclic) bond motifs is 3. The summed E-state index contributed by atoms with van der Waals surface area (Å²) in [6.45, 7) is 2.12. The molecule has 11 heteroatoms. The lowest BCUT2D eigenvalue weighted by Gasteiger charge is -2.48. The number of ketones is 4. The molecule has 2 aromatic rings. The molecule has 5 N–H and O–H groups in total. The van der Waals surface area contributed by atoms with Crippen molar-refractivity contribution in [3.8, 4) is 5.75 Å². The summed E-state index contributed by atoms with van der Waals surface area (Å²) < 4.78 is 0. The van der Waals surface area contributed by atoms with E-state index < -0.39 is 58.3 Å². The summed E-state index contributed by atoms with van der Waals surface area (Å²) in [5, 5.41) is 25.8. The number of primary amides is 1. The SMILES string of the molecule is CC(=NCc1ccccc1)Nc1cc(N(C)C)c2c(c1O)C(=O)C1C(=O)[C@]3(O)C(=O)C(C(N)=O)C(=O)C[C@@H]3C[C@@H]1C2. The van der Waals surface area contributed by atoms with E-state index in [9.17, 15) is 34.2 Å². The molecule has 5 rings (SSSR count). The smallest absolute Gasteiger partial charge is 0.235 e. The van der Waals surface area contributed by atoms with Gasteiger partial charge in [-0.25, -0.2) is 0 Å². The fourth-order valence-corrected chi connectivity index (χ4v) is 6.54. The van der Waals surface area contributed by atoms with E-state index >= 15 is 0 Å². The number of hydrogen-bond donors (Lipinski definition) is 4. The lowest BCUT2D eigenvalue weighted by Crippen LogP contribution is -2.68. The monoisotopic (exact) mass is 560 g/mol. The number of hydrogen-bond acceptors (Lipinski definition) is 9. The predicted molar refractivity (Wildman–Crippen MR) is 150 cm³/mol. The third-order valence-corrected chi connectivity index (χ3v) is 8.52. The number of amidine groups is 1. The maximum absolute atomic E-state index is 14.0. The van der Waals surface area contributed by atoms with Crippen LogP contribution in [0, 0.1) is 23.7 Å². The number of nitrogens with one attached hydrogen (secondary N) is 1. The van der Waals surface area contributed by atoms with Gasteiger partial charge in [-0.1, -0.05) is 30.3 Å². The zero-order valence-electron chi connectivity index (χ0n) is 23.0. The molecule has 11 nitrogen and oxygen atoms in total. The number of nitrogens with two attached hydrogens (primary N) is 1. The van der Waals surface area contributed by atoms with Crippen molar-refractivity contribution in [3.05, 3.63) is 53.1 Å². The molecule has 3 aliphatic rings. The number of amides is 1. The van der Waals surface area contributed by atoms with Gasteiger partial charge in [0.25, 0.3) is 0 Å². The van der Waals surface area contributed by atoms with Crippen LogP contribution in [0.25, 0.3) is 0 Å². The molecule has 2 fully saturated rings. The number of benzene rings is 2. The highest BCUT2D eigenvalue weighted by Crippen LogP contribution is 2.52. The van der Waals surface area contributed by atoms with Crippen LogP contribution in [0.4, 0.5) is 11.4 Å². The summed E-state index contributed by atoms with van der Waals surface area (Å²) in [4.78, 5) is 71.6. The molecule has 0 spiro atoms. The van der Waals surface area contributed by atoms with Gasteiger partial charge < -0.3 is 26.2 Å².